The second kappa shape index (κ2) is 4.41. The van der Waals surface area contributed by atoms with Gasteiger partial charge >= 0.3 is 0 Å². The number of hydrogen-bond donors (Lipinski definition) is 0. The average molecular weight is 324 g/mol. The molecule has 0 bridgehead atoms. The third-order valence-corrected chi connectivity index (χ3v) is 4.17. The molecule has 0 N–H and O–H groups in total. The zero-order chi connectivity index (χ0) is 13.6. The van der Waals surface area contributed by atoms with Crippen LogP contribution in [0.15, 0.2) is 23.0 Å². The molecule has 0 amide bonds. The highest BCUT2D eigenvalue weighted by atomic mass is 79.9. The molecule has 1 atom stereocenters. The molecule has 1 aliphatic rings. The summed E-state index contributed by atoms with van der Waals surface area (Å²) in [5.41, 5.74) is 0.210. The molecule has 0 saturated heterocycles. The van der Waals surface area contributed by atoms with Crippen LogP contribution >= 0.6 is 15.9 Å². The van der Waals surface area contributed by atoms with Crippen LogP contribution in [-0.4, -0.2) is 14.5 Å². The van der Waals surface area contributed by atoms with E-state index in [1.54, 1.807) is 4.57 Å². The fourth-order valence-corrected chi connectivity index (χ4v) is 3.03. The van der Waals surface area contributed by atoms with Crippen LogP contribution in [0.1, 0.15) is 23.5 Å². The highest BCUT2D eigenvalue weighted by Crippen LogP contribution is 2.31. The van der Waals surface area contributed by atoms with E-state index in [9.17, 15) is 14.9 Å². The van der Waals surface area contributed by atoms with Crippen LogP contribution in [0, 0.1) is 10.1 Å². The van der Waals surface area contributed by atoms with Crippen LogP contribution in [0.5, 0.6) is 0 Å². The number of hydrogen-bond acceptors (Lipinski definition) is 4. The Labute approximate surface area is 116 Å². The van der Waals surface area contributed by atoms with Crippen molar-refractivity contribution >= 4 is 32.5 Å². The minimum atomic E-state index is -0.482. The number of alkyl halides is 1. The van der Waals surface area contributed by atoms with Crippen molar-refractivity contribution in [1.82, 2.24) is 9.55 Å². The highest BCUT2D eigenvalue weighted by Gasteiger charge is 2.22. The molecular weight excluding hydrogens is 314 g/mol. The third-order valence-electron chi connectivity index (χ3n) is 3.30. The third kappa shape index (κ3) is 1.94. The Morgan fingerprint density at radius 3 is 3.00 bits per heavy atom. The van der Waals surface area contributed by atoms with Crippen LogP contribution in [0.3, 0.4) is 0 Å². The van der Waals surface area contributed by atoms with Gasteiger partial charge < -0.3 is 0 Å². The van der Waals surface area contributed by atoms with E-state index in [4.69, 9.17) is 0 Å². The lowest BCUT2D eigenvalue weighted by atomic mass is 10.1. The summed E-state index contributed by atoms with van der Waals surface area (Å²) in [5, 5.41) is 11.2. The van der Waals surface area contributed by atoms with E-state index in [1.165, 1.54) is 18.2 Å². The van der Waals surface area contributed by atoms with Crippen LogP contribution < -0.4 is 5.56 Å². The fourth-order valence-electron chi connectivity index (χ4n) is 2.35. The minimum absolute atomic E-state index is 0.0256. The molecule has 0 fully saturated rings. The Kier molecular flexibility index (Phi) is 2.85. The smallest absolute Gasteiger partial charge is 0.271 e. The molecule has 7 heteroatoms. The van der Waals surface area contributed by atoms with Crippen molar-refractivity contribution in [2.75, 3.05) is 0 Å². The van der Waals surface area contributed by atoms with Gasteiger partial charge in [-0.25, -0.2) is 4.98 Å². The standard InChI is InChI=1S/C12H10BrN3O3/c13-9-2-1-5-15-11(9)14-10-6-7(16(18)19)3-4-8(10)12(15)17/h3-4,6,9H,1-2,5H2. The first kappa shape index (κ1) is 12.3. The lowest BCUT2D eigenvalue weighted by Crippen LogP contribution is -2.29. The van der Waals surface area contributed by atoms with Crippen LogP contribution in [0.25, 0.3) is 10.9 Å². The highest BCUT2D eigenvalue weighted by molar-refractivity contribution is 9.09. The molecule has 0 aliphatic carbocycles. The number of nitro groups is 1. The van der Waals surface area contributed by atoms with Gasteiger partial charge in [0.15, 0.2) is 0 Å². The first-order valence-corrected chi connectivity index (χ1v) is 6.82. The van der Waals surface area contributed by atoms with Crippen LogP contribution in [0.4, 0.5) is 5.69 Å². The molecule has 98 valence electrons. The van der Waals surface area contributed by atoms with Gasteiger partial charge in [-0.15, -0.1) is 0 Å². The van der Waals surface area contributed by atoms with E-state index < -0.39 is 4.92 Å². The number of non-ortho nitro benzene ring substituents is 1. The predicted octanol–water partition coefficient (Wildman–Crippen LogP) is 2.53. The Hall–Kier alpha value is -1.76. The van der Waals surface area contributed by atoms with Crippen LogP contribution in [0.2, 0.25) is 0 Å². The minimum Gasteiger partial charge on any atom is -0.295 e. The van der Waals surface area contributed by atoms with Gasteiger partial charge in [0.05, 0.1) is 20.7 Å². The van der Waals surface area contributed by atoms with Gasteiger partial charge in [-0.1, -0.05) is 15.9 Å². The van der Waals surface area contributed by atoms with Gasteiger partial charge in [-0.2, -0.15) is 0 Å². The van der Waals surface area contributed by atoms with Crippen molar-refractivity contribution in [3.8, 4) is 0 Å². The summed E-state index contributed by atoms with van der Waals surface area (Å²) in [6, 6.07) is 4.17. The lowest BCUT2D eigenvalue weighted by Gasteiger charge is -2.22. The Balaban J connectivity index is 2.33. The topological polar surface area (TPSA) is 78.0 Å². The van der Waals surface area contributed by atoms with Crippen molar-refractivity contribution in [2.45, 2.75) is 24.2 Å². The predicted molar refractivity (Wildman–Crippen MR) is 73.6 cm³/mol. The molecule has 0 spiro atoms. The van der Waals surface area contributed by atoms with Gasteiger partial charge in [-0.3, -0.25) is 19.5 Å². The first-order valence-electron chi connectivity index (χ1n) is 5.91. The summed E-state index contributed by atoms with van der Waals surface area (Å²) < 4.78 is 1.65. The Bertz CT molecular complexity index is 741. The molecule has 0 radical (unpaired) electrons. The second-order valence-corrected chi connectivity index (χ2v) is 5.60. The molecule has 1 aromatic heterocycles. The Morgan fingerprint density at radius 2 is 2.26 bits per heavy atom. The van der Waals surface area contributed by atoms with E-state index in [1.807, 2.05) is 0 Å². The number of benzene rings is 1. The SMILES string of the molecule is O=c1c2ccc([N+](=O)[O-])cc2nc2n1CCCC2Br. The normalized spacial score (nSPS) is 18.3. The maximum absolute atomic E-state index is 12.3. The molecule has 2 aromatic rings. The first-order chi connectivity index (χ1) is 9.08. The molecule has 6 nitrogen and oxygen atoms in total. The summed E-state index contributed by atoms with van der Waals surface area (Å²) in [6.45, 7) is 0.649. The molecule has 1 unspecified atom stereocenters. The lowest BCUT2D eigenvalue weighted by molar-refractivity contribution is -0.384. The van der Waals surface area contributed by atoms with Gasteiger partial charge in [0, 0.05) is 18.7 Å². The molecule has 3 rings (SSSR count). The summed E-state index contributed by atoms with van der Waals surface area (Å²) in [4.78, 5) is 27.1. The van der Waals surface area contributed by atoms with Crippen LogP contribution in [-0.2, 0) is 6.54 Å². The summed E-state index contributed by atoms with van der Waals surface area (Å²) in [6.07, 6.45) is 1.83. The number of aromatic nitrogens is 2. The fraction of sp³-hybridized carbons (Fsp3) is 0.333. The number of fused-ring (bicyclic) bond motifs is 2. The molecule has 1 aliphatic heterocycles. The Morgan fingerprint density at radius 1 is 1.47 bits per heavy atom. The molecular formula is C12H10BrN3O3. The maximum atomic E-state index is 12.3. The number of rotatable bonds is 1. The summed E-state index contributed by atoms with van der Waals surface area (Å²) in [5.74, 6) is 0.657. The van der Waals surface area contributed by atoms with E-state index in [0.29, 0.717) is 23.3 Å². The maximum Gasteiger partial charge on any atom is 0.271 e. The summed E-state index contributed by atoms with van der Waals surface area (Å²) >= 11 is 3.50. The molecule has 19 heavy (non-hydrogen) atoms. The molecule has 1 aromatic carbocycles. The van der Waals surface area contributed by atoms with Gasteiger partial charge in [0.1, 0.15) is 5.82 Å². The van der Waals surface area contributed by atoms with Crippen molar-refractivity contribution in [1.29, 1.82) is 0 Å². The number of halogens is 1. The second-order valence-electron chi connectivity index (χ2n) is 4.50. The average Bonchev–Trinajstić information content (AvgIpc) is 2.40. The monoisotopic (exact) mass is 323 g/mol. The van der Waals surface area contributed by atoms with E-state index >= 15 is 0 Å². The number of nitrogens with zero attached hydrogens (tertiary/aromatic N) is 3. The van der Waals surface area contributed by atoms with Gasteiger partial charge in [-0.05, 0) is 18.9 Å². The van der Waals surface area contributed by atoms with Crippen molar-refractivity contribution in [3.05, 3.63) is 44.5 Å². The number of nitro benzene ring substituents is 1. The van der Waals surface area contributed by atoms with Crippen molar-refractivity contribution in [3.63, 3.8) is 0 Å². The van der Waals surface area contributed by atoms with E-state index in [0.717, 1.165) is 12.8 Å². The van der Waals surface area contributed by atoms with Crippen molar-refractivity contribution in [2.24, 2.45) is 0 Å². The zero-order valence-electron chi connectivity index (χ0n) is 9.88. The summed E-state index contributed by atoms with van der Waals surface area (Å²) in [7, 11) is 0. The molecule has 0 saturated carbocycles. The molecule has 2 heterocycles. The van der Waals surface area contributed by atoms with Crippen molar-refractivity contribution < 1.29 is 4.92 Å². The van der Waals surface area contributed by atoms with E-state index in [-0.39, 0.29) is 16.1 Å². The largest absolute Gasteiger partial charge is 0.295 e. The van der Waals surface area contributed by atoms with Gasteiger partial charge in [0.2, 0.25) is 0 Å². The van der Waals surface area contributed by atoms with Gasteiger partial charge in [0.25, 0.3) is 11.2 Å². The quantitative estimate of drug-likeness (QED) is 0.459. The van der Waals surface area contributed by atoms with E-state index in [2.05, 4.69) is 20.9 Å². The zero-order valence-corrected chi connectivity index (χ0v) is 11.5.